The molecule has 0 saturated carbocycles. The zero-order valence-electron chi connectivity index (χ0n) is 6.85. The number of amides is 2. The zero-order chi connectivity index (χ0) is 8.55. The van der Waals surface area contributed by atoms with Crippen molar-refractivity contribution in [3.63, 3.8) is 0 Å². The fraction of sp³-hybridized carbons (Fsp3) is 0.556. The molecule has 0 atom stereocenters. The van der Waals surface area contributed by atoms with Crippen molar-refractivity contribution in [2.24, 2.45) is 0 Å². The van der Waals surface area contributed by atoms with Gasteiger partial charge in [0, 0.05) is 11.1 Å². The third-order valence-electron chi connectivity index (χ3n) is 2.49. The van der Waals surface area contributed by atoms with E-state index in [0.29, 0.717) is 0 Å². The standard InChI is InChI=1S/C9H11NO2/c11-8-6-4-2-1-3-5-7(6)9(12)10-8/h1-5H2,(H,10,11,12). The molecule has 0 saturated heterocycles. The second-order valence-electron chi connectivity index (χ2n) is 3.30. The molecule has 1 heterocycles. The van der Waals surface area contributed by atoms with Crippen molar-refractivity contribution in [2.75, 3.05) is 0 Å². The van der Waals surface area contributed by atoms with E-state index < -0.39 is 0 Å². The molecule has 2 amide bonds. The van der Waals surface area contributed by atoms with Gasteiger partial charge in [-0.3, -0.25) is 14.9 Å². The molecule has 3 heteroatoms. The molecule has 2 aliphatic rings. The van der Waals surface area contributed by atoms with Gasteiger partial charge in [0.15, 0.2) is 0 Å². The van der Waals surface area contributed by atoms with Gasteiger partial charge in [-0.2, -0.15) is 0 Å². The Hall–Kier alpha value is -1.12. The third-order valence-corrected chi connectivity index (χ3v) is 2.49. The molecule has 3 nitrogen and oxygen atoms in total. The maximum Gasteiger partial charge on any atom is 0.254 e. The summed E-state index contributed by atoms with van der Waals surface area (Å²) in [6, 6.07) is 0. The number of nitrogens with one attached hydrogen (secondary N) is 1. The summed E-state index contributed by atoms with van der Waals surface area (Å²) in [5, 5.41) is 2.33. The van der Waals surface area contributed by atoms with E-state index in [1.807, 2.05) is 0 Å². The second-order valence-corrected chi connectivity index (χ2v) is 3.30. The van der Waals surface area contributed by atoms with Crippen LogP contribution in [-0.4, -0.2) is 11.8 Å². The minimum atomic E-state index is -0.156. The summed E-state index contributed by atoms with van der Waals surface area (Å²) in [4.78, 5) is 22.4. The van der Waals surface area contributed by atoms with Crippen LogP contribution in [0.4, 0.5) is 0 Å². The minimum absolute atomic E-state index is 0.156. The first kappa shape index (κ1) is 7.53. The van der Waals surface area contributed by atoms with Gasteiger partial charge in [0.25, 0.3) is 11.8 Å². The predicted molar refractivity (Wildman–Crippen MR) is 43.3 cm³/mol. The quantitative estimate of drug-likeness (QED) is 0.542. The highest BCUT2D eigenvalue weighted by atomic mass is 16.2. The molecule has 0 bridgehead atoms. The van der Waals surface area contributed by atoms with Crippen LogP contribution in [0.25, 0.3) is 0 Å². The van der Waals surface area contributed by atoms with Crippen LogP contribution in [0.3, 0.4) is 0 Å². The third kappa shape index (κ3) is 1.05. The first-order valence-corrected chi connectivity index (χ1v) is 4.37. The largest absolute Gasteiger partial charge is 0.289 e. The minimum Gasteiger partial charge on any atom is -0.289 e. The topological polar surface area (TPSA) is 46.2 Å². The number of imide groups is 1. The van der Waals surface area contributed by atoms with Gasteiger partial charge in [-0.15, -0.1) is 0 Å². The van der Waals surface area contributed by atoms with Crippen molar-refractivity contribution in [3.8, 4) is 0 Å². The van der Waals surface area contributed by atoms with Gasteiger partial charge in [0.1, 0.15) is 0 Å². The molecule has 0 spiro atoms. The number of carbonyl (C=O) groups is 2. The fourth-order valence-electron chi connectivity index (χ4n) is 1.84. The summed E-state index contributed by atoms with van der Waals surface area (Å²) in [6.45, 7) is 0. The predicted octanol–water partition coefficient (Wildman–Crippen LogP) is 0.903. The Kier molecular flexibility index (Phi) is 1.71. The molecule has 1 N–H and O–H groups in total. The number of carbonyl (C=O) groups excluding carboxylic acids is 2. The Labute approximate surface area is 70.8 Å². The monoisotopic (exact) mass is 165 g/mol. The fourth-order valence-corrected chi connectivity index (χ4v) is 1.84. The van der Waals surface area contributed by atoms with E-state index in [2.05, 4.69) is 5.32 Å². The maximum atomic E-state index is 11.2. The lowest BCUT2D eigenvalue weighted by molar-refractivity contribution is -0.124. The Morgan fingerprint density at radius 2 is 1.33 bits per heavy atom. The average Bonchev–Trinajstić information content (AvgIpc) is 2.29. The summed E-state index contributed by atoms with van der Waals surface area (Å²) in [5.74, 6) is -0.311. The summed E-state index contributed by atoms with van der Waals surface area (Å²) >= 11 is 0. The van der Waals surface area contributed by atoms with Crippen LogP contribution in [0.15, 0.2) is 11.1 Å². The van der Waals surface area contributed by atoms with Crippen LogP contribution < -0.4 is 5.32 Å². The molecule has 0 radical (unpaired) electrons. The highest BCUT2D eigenvalue weighted by Crippen LogP contribution is 2.27. The van der Waals surface area contributed by atoms with Crippen LogP contribution in [0.1, 0.15) is 32.1 Å². The van der Waals surface area contributed by atoms with Crippen LogP contribution >= 0.6 is 0 Å². The van der Waals surface area contributed by atoms with E-state index in [-0.39, 0.29) is 11.8 Å². The van der Waals surface area contributed by atoms with Gasteiger partial charge in [0.05, 0.1) is 0 Å². The van der Waals surface area contributed by atoms with Crippen molar-refractivity contribution in [3.05, 3.63) is 11.1 Å². The highest BCUT2D eigenvalue weighted by molar-refractivity contribution is 6.19. The Morgan fingerprint density at radius 1 is 0.833 bits per heavy atom. The van der Waals surface area contributed by atoms with Gasteiger partial charge in [-0.25, -0.2) is 0 Å². The molecule has 0 aromatic rings. The molecule has 1 aliphatic heterocycles. The lowest BCUT2D eigenvalue weighted by atomic mass is 10.1. The normalized spacial score (nSPS) is 23.7. The molecule has 2 rings (SSSR count). The molecule has 0 unspecified atom stereocenters. The summed E-state index contributed by atoms with van der Waals surface area (Å²) in [6.07, 6.45) is 4.78. The highest BCUT2D eigenvalue weighted by Gasteiger charge is 2.29. The zero-order valence-corrected chi connectivity index (χ0v) is 6.85. The number of hydrogen-bond acceptors (Lipinski definition) is 2. The smallest absolute Gasteiger partial charge is 0.254 e. The first-order chi connectivity index (χ1) is 5.79. The molecule has 12 heavy (non-hydrogen) atoms. The molecular weight excluding hydrogens is 154 g/mol. The van der Waals surface area contributed by atoms with E-state index in [0.717, 1.165) is 43.3 Å². The van der Waals surface area contributed by atoms with Gasteiger partial charge in [-0.1, -0.05) is 6.42 Å². The van der Waals surface area contributed by atoms with Crippen LogP contribution in [-0.2, 0) is 9.59 Å². The number of rotatable bonds is 0. The SMILES string of the molecule is O=C1NC(=O)C2=C1CCCCC2. The maximum absolute atomic E-state index is 11.2. The molecule has 0 aromatic heterocycles. The van der Waals surface area contributed by atoms with Crippen molar-refractivity contribution in [1.29, 1.82) is 0 Å². The van der Waals surface area contributed by atoms with E-state index in [1.165, 1.54) is 0 Å². The van der Waals surface area contributed by atoms with Crippen LogP contribution in [0, 0.1) is 0 Å². The first-order valence-electron chi connectivity index (χ1n) is 4.37. The van der Waals surface area contributed by atoms with Gasteiger partial charge >= 0.3 is 0 Å². The summed E-state index contributed by atoms with van der Waals surface area (Å²) in [7, 11) is 0. The van der Waals surface area contributed by atoms with E-state index in [4.69, 9.17) is 0 Å². The lowest BCUT2D eigenvalue weighted by Gasteiger charge is -1.96. The van der Waals surface area contributed by atoms with Crippen molar-refractivity contribution in [1.82, 2.24) is 5.32 Å². The molecule has 64 valence electrons. The van der Waals surface area contributed by atoms with Crippen molar-refractivity contribution < 1.29 is 9.59 Å². The van der Waals surface area contributed by atoms with Crippen molar-refractivity contribution >= 4 is 11.8 Å². The van der Waals surface area contributed by atoms with Gasteiger partial charge < -0.3 is 0 Å². The van der Waals surface area contributed by atoms with Crippen molar-refractivity contribution in [2.45, 2.75) is 32.1 Å². The van der Waals surface area contributed by atoms with Crippen LogP contribution in [0.5, 0.6) is 0 Å². The van der Waals surface area contributed by atoms with E-state index in [1.54, 1.807) is 0 Å². The summed E-state index contributed by atoms with van der Waals surface area (Å²) in [5.41, 5.74) is 1.50. The lowest BCUT2D eigenvalue weighted by Crippen LogP contribution is -2.23. The van der Waals surface area contributed by atoms with Gasteiger partial charge in [-0.05, 0) is 25.7 Å². The summed E-state index contributed by atoms with van der Waals surface area (Å²) < 4.78 is 0. The Bertz CT molecular complexity index is 252. The number of hydrogen-bond donors (Lipinski definition) is 1. The van der Waals surface area contributed by atoms with Gasteiger partial charge in [0.2, 0.25) is 0 Å². The van der Waals surface area contributed by atoms with Crippen LogP contribution in [0.2, 0.25) is 0 Å². The second kappa shape index (κ2) is 2.73. The van der Waals surface area contributed by atoms with E-state index in [9.17, 15) is 9.59 Å². The molecular formula is C9H11NO2. The Morgan fingerprint density at radius 3 is 1.83 bits per heavy atom. The average molecular weight is 165 g/mol. The Balaban J connectivity index is 2.33. The molecule has 0 fully saturated rings. The molecule has 1 aliphatic carbocycles. The van der Waals surface area contributed by atoms with E-state index >= 15 is 0 Å². The molecule has 0 aromatic carbocycles.